The Morgan fingerprint density at radius 3 is 1.73 bits per heavy atom. The van der Waals surface area contributed by atoms with Crippen molar-refractivity contribution in [3.05, 3.63) is 59.7 Å². The number of methoxy groups -OCH3 is 2. The minimum absolute atomic E-state index is 0.139. The van der Waals surface area contributed by atoms with Crippen LogP contribution in [0, 0.1) is 5.92 Å². The van der Waals surface area contributed by atoms with E-state index in [0.717, 1.165) is 30.8 Å². The maximum absolute atomic E-state index is 6.87. The van der Waals surface area contributed by atoms with Crippen molar-refractivity contribution >= 4 is 0 Å². The molecule has 0 aliphatic rings. The second-order valence-corrected chi connectivity index (χ2v) is 7.51. The number of hydrogen-bond acceptors (Lipinski definition) is 4. The highest BCUT2D eigenvalue weighted by Crippen LogP contribution is 2.26. The van der Waals surface area contributed by atoms with Crippen LogP contribution < -0.4 is 20.9 Å². The highest BCUT2D eigenvalue weighted by Gasteiger charge is 2.33. The van der Waals surface area contributed by atoms with Gasteiger partial charge in [-0.1, -0.05) is 38.1 Å². The first-order chi connectivity index (χ1) is 12.4. The van der Waals surface area contributed by atoms with Crippen molar-refractivity contribution in [1.29, 1.82) is 0 Å². The number of ether oxygens (including phenoxy) is 2. The largest absolute Gasteiger partial charge is 0.497 e. The molecule has 0 aromatic heterocycles. The standard InChI is InChI=1S/C22H32N2O2/c1-16(2)14-22(24,15-18-7-11-20(26-4)12-8-18)21(23)13-17-5-9-19(25-3)10-6-17/h5-12,16,21H,13-15,23-24H2,1-4H3. The molecule has 0 bridgehead atoms. The van der Waals surface area contributed by atoms with Gasteiger partial charge in [-0.25, -0.2) is 0 Å². The Bertz CT molecular complexity index is 668. The zero-order valence-corrected chi connectivity index (χ0v) is 16.4. The molecule has 0 aliphatic heterocycles. The molecule has 26 heavy (non-hydrogen) atoms. The predicted octanol–water partition coefficient (Wildman–Crippen LogP) is 3.56. The SMILES string of the molecule is COc1ccc(CC(N)C(N)(Cc2ccc(OC)cc2)CC(C)C)cc1. The van der Waals surface area contributed by atoms with Gasteiger partial charge in [0.15, 0.2) is 0 Å². The summed E-state index contributed by atoms with van der Waals surface area (Å²) in [5.41, 5.74) is 15.4. The van der Waals surface area contributed by atoms with Gasteiger partial charge in [-0.15, -0.1) is 0 Å². The van der Waals surface area contributed by atoms with Gasteiger partial charge in [-0.05, 0) is 60.6 Å². The Labute approximate surface area is 157 Å². The molecular weight excluding hydrogens is 324 g/mol. The summed E-state index contributed by atoms with van der Waals surface area (Å²) in [7, 11) is 3.34. The summed E-state index contributed by atoms with van der Waals surface area (Å²) >= 11 is 0. The third kappa shape index (κ3) is 5.48. The molecule has 0 heterocycles. The molecule has 142 valence electrons. The second-order valence-electron chi connectivity index (χ2n) is 7.51. The van der Waals surface area contributed by atoms with Gasteiger partial charge in [0.2, 0.25) is 0 Å². The van der Waals surface area contributed by atoms with Gasteiger partial charge in [0.1, 0.15) is 11.5 Å². The van der Waals surface area contributed by atoms with E-state index in [0.29, 0.717) is 5.92 Å². The molecule has 4 heteroatoms. The van der Waals surface area contributed by atoms with Crippen LogP contribution in [0.3, 0.4) is 0 Å². The average Bonchev–Trinajstić information content (AvgIpc) is 2.62. The first-order valence-corrected chi connectivity index (χ1v) is 9.16. The topological polar surface area (TPSA) is 70.5 Å². The Hall–Kier alpha value is -2.04. The molecule has 0 amide bonds. The maximum atomic E-state index is 6.87. The Kier molecular flexibility index (Phi) is 7.06. The fraction of sp³-hybridized carbons (Fsp3) is 0.455. The van der Waals surface area contributed by atoms with Crippen LogP contribution >= 0.6 is 0 Å². The van der Waals surface area contributed by atoms with Crippen molar-refractivity contribution in [2.75, 3.05) is 14.2 Å². The fourth-order valence-corrected chi connectivity index (χ4v) is 3.46. The van der Waals surface area contributed by atoms with Crippen LogP contribution in [0.1, 0.15) is 31.4 Å². The number of nitrogens with two attached hydrogens (primary N) is 2. The molecule has 2 unspecified atom stereocenters. The lowest BCUT2D eigenvalue weighted by Gasteiger charge is -2.37. The molecule has 2 rings (SSSR count). The predicted molar refractivity (Wildman–Crippen MR) is 108 cm³/mol. The van der Waals surface area contributed by atoms with E-state index in [9.17, 15) is 0 Å². The molecule has 0 saturated heterocycles. The van der Waals surface area contributed by atoms with E-state index < -0.39 is 5.54 Å². The average molecular weight is 357 g/mol. The quantitative estimate of drug-likeness (QED) is 0.721. The number of hydrogen-bond donors (Lipinski definition) is 2. The maximum Gasteiger partial charge on any atom is 0.118 e. The molecule has 4 N–H and O–H groups in total. The highest BCUT2D eigenvalue weighted by atomic mass is 16.5. The summed E-state index contributed by atoms with van der Waals surface area (Å²) in [5.74, 6) is 2.17. The van der Waals surface area contributed by atoms with Crippen LogP contribution in [0.4, 0.5) is 0 Å². The third-order valence-electron chi connectivity index (χ3n) is 4.83. The molecule has 0 fully saturated rings. The van der Waals surface area contributed by atoms with Crippen molar-refractivity contribution in [3.63, 3.8) is 0 Å². The number of rotatable bonds is 9. The highest BCUT2D eigenvalue weighted by molar-refractivity contribution is 5.30. The molecule has 2 aromatic rings. The van der Waals surface area contributed by atoms with Crippen molar-refractivity contribution < 1.29 is 9.47 Å². The van der Waals surface area contributed by atoms with Crippen LogP contribution in [-0.4, -0.2) is 25.8 Å². The molecule has 4 nitrogen and oxygen atoms in total. The van der Waals surface area contributed by atoms with Gasteiger partial charge in [-0.3, -0.25) is 0 Å². The van der Waals surface area contributed by atoms with Crippen LogP contribution in [0.2, 0.25) is 0 Å². The van der Waals surface area contributed by atoms with E-state index in [-0.39, 0.29) is 6.04 Å². The van der Waals surface area contributed by atoms with Crippen LogP contribution in [0.15, 0.2) is 48.5 Å². The van der Waals surface area contributed by atoms with E-state index in [1.54, 1.807) is 14.2 Å². The first kappa shape index (κ1) is 20.3. The summed E-state index contributed by atoms with van der Waals surface area (Å²) in [6.45, 7) is 4.38. The van der Waals surface area contributed by atoms with E-state index >= 15 is 0 Å². The smallest absolute Gasteiger partial charge is 0.118 e. The summed E-state index contributed by atoms with van der Waals surface area (Å²) in [6, 6.07) is 16.0. The Morgan fingerprint density at radius 1 is 0.846 bits per heavy atom. The molecule has 0 radical (unpaired) electrons. The Balaban J connectivity index is 2.16. The van der Waals surface area contributed by atoms with Gasteiger partial charge in [0.05, 0.1) is 14.2 Å². The van der Waals surface area contributed by atoms with Crippen molar-refractivity contribution in [1.82, 2.24) is 0 Å². The Morgan fingerprint density at radius 2 is 1.31 bits per heavy atom. The normalized spacial score (nSPS) is 14.7. The molecular formula is C22H32N2O2. The van der Waals surface area contributed by atoms with E-state index in [1.165, 1.54) is 11.1 Å². The van der Waals surface area contributed by atoms with Gasteiger partial charge >= 0.3 is 0 Å². The molecule has 2 aromatic carbocycles. The summed E-state index contributed by atoms with van der Waals surface area (Å²) in [5, 5.41) is 0. The second kappa shape index (κ2) is 9.06. The lowest BCUT2D eigenvalue weighted by Crippen LogP contribution is -2.58. The van der Waals surface area contributed by atoms with Gasteiger partial charge in [0, 0.05) is 11.6 Å². The van der Waals surface area contributed by atoms with Gasteiger partial charge < -0.3 is 20.9 Å². The fourth-order valence-electron chi connectivity index (χ4n) is 3.46. The van der Waals surface area contributed by atoms with Crippen LogP contribution in [0.5, 0.6) is 11.5 Å². The summed E-state index contributed by atoms with van der Waals surface area (Å²) in [6.07, 6.45) is 2.35. The molecule has 0 spiro atoms. The first-order valence-electron chi connectivity index (χ1n) is 9.16. The van der Waals surface area contributed by atoms with Crippen molar-refractivity contribution in [3.8, 4) is 11.5 Å². The van der Waals surface area contributed by atoms with Gasteiger partial charge in [-0.2, -0.15) is 0 Å². The summed E-state index contributed by atoms with van der Waals surface area (Å²) in [4.78, 5) is 0. The van der Waals surface area contributed by atoms with E-state index in [4.69, 9.17) is 20.9 Å². The zero-order chi connectivity index (χ0) is 19.2. The van der Waals surface area contributed by atoms with E-state index in [1.807, 2.05) is 24.3 Å². The third-order valence-corrected chi connectivity index (χ3v) is 4.83. The van der Waals surface area contributed by atoms with Gasteiger partial charge in [0.25, 0.3) is 0 Å². The summed E-state index contributed by atoms with van der Waals surface area (Å²) < 4.78 is 10.5. The van der Waals surface area contributed by atoms with E-state index in [2.05, 4.69) is 38.1 Å². The monoisotopic (exact) mass is 356 g/mol. The van der Waals surface area contributed by atoms with Crippen molar-refractivity contribution in [2.45, 2.75) is 44.7 Å². The molecule has 0 aliphatic carbocycles. The van der Waals surface area contributed by atoms with Crippen LogP contribution in [0.25, 0.3) is 0 Å². The lowest BCUT2D eigenvalue weighted by molar-refractivity contribution is 0.279. The van der Waals surface area contributed by atoms with Crippen LogP contribution in [-0.2, 0) is 12.8 Å². The minimum atomic E-state index is -0.470. The molecule has 2 atom stereocenters. The minimum Gasteiger partial charge on any atom is -0.497 e. The molecule has 0 saturated carbocycles. The number of benzene rings is 2. The zero-order valence-electron chi connectivity index (χ0n) is 16.4. The van der Waals surface area contributed by atoms with Crippen molar-refractivity contribution in [2.24, 2.45) is 17.4 Å². The lowest BCUT2D eigenvalue weighted by atomic mass is 9.76.